The van der Waals surface area contributed by atoms with Crippen molar-refractivity contribution in [2.24, 2.45) is 5.92 Å². The van der Waals surface area contributed by atoms with Gasteiger partial charge in [-0.05, 0) is 31.7 Å². The molecule has 2 N–H and O–H groups in total. The van der Waals surface area contributed by atoms with E-state index in [1.807, 2.05) is 0 Å². The van der Waals surface area contributed by atoms with Gasteiger partial charge in [0, 0.05) is 18.0 Å². The molecule has 2 fully saturated rings. The summed E-state index contributed by atoms with van der Waals surface area (Å²) in [6.07, 6.45) is 7.98. The smallest absolute Gasteiger partial charge is 0.273 e. The number of carbonyl (C=O) groups excluding carboxylic acids is 2. The first-order valence-electron chi connectivity index (χ1n) is 7.17. The molecule has 1 aromatic rings. The van der Waals surface area contributed by atoms with Gasteiger partial charge >= 0.3 is 0 Å². The highest BCUT2D eigenvalue weighted by molar-refractivity contribution is 5.94. The van der Waals surface area contributed by atoms with Gasteiger partial charge in [0.15, 0.2) is 0 Å². The van der Waals surface area contributed by atoms with Crippen molar-refractivity contribution < 1.29 is 9.59 Å². The van der Waals surface area contributed by atoms with Gasteiger partial charge in [-0.25, -0.2) is 9.97 Å². The van der Waals surface area contributed by atoms with Crippen LogP contribution in [0.4, 0.5) is 0 Å². The molecule has 0 aromatic carbocycles. The van der Waals surface area contributed by atoms with Crippen LogP contribution in [0.15, 0.2) is 12.3 Å². The number of aromatic nitrogens is 2. The van der Waals surface area contributed by atoms with Crippen LogP contribution in [0.3, 0.4) is 0 Å². The molecule has 1 heterocycles. The summed E-state index contributed by atoms with van der Waals surface area (Å²) in [7, 11) is 0. The van der Waals surface area contributed by atoms with Crippen LogP contribution in [-0.2, 0) is 4.79 Å². The summed E-state index contributed by atoms with van der Waals surface area (Å²) in [5.41, 5.74) is 5.15. The number of hydrogen-bond acceptors (Lipinski definition) is 4. The second-order valence-electron chi connectivity index (χ2n) is 5.50. The van der Waals surface area contributed by atoms with Gasteiger partial charge in [0.1, 0.15) is 11.5 Å². The van der Waals surface area contributed by atoms with Crippen molar-refractivity contribution in [3.05, 3.63) is 23.8 Å². The average molecular weight is 274 g/mol. The van der Waals surface area contributed by atoms with E-state index in [1.165, 1.54) is 12.8 Å². The minimum atomic E-state index is -0.388. The molecular formula is C14H18N4O2. The predicted octanol–water partition coefficient (Wildman–Crippen LogP) is 1.31. The zero-order valence-electron chi connectivity index (χ0n) is 11.3. The molecule has 2 saturated carbocycles. The summed E-state index contributed by atoms with van der Waals surface area (Å²) >= 11 is 0. The summed E-state index contributed by atoms with van der Waals surface area (Å²) in [6, 6.07) is 1.57. The predicted molar refractivity (Wildman–Crippen MR) is 71.6 cm³/mol. The Morgan fingerprint density at radius 1 is 1.10 bits per heavy atom. The molecule has 2 amide bonds. The van der Waals surface area contributed by atoms with Crippen LogP contribution < -0.4 is 10.9 Å². The van der Waals surface area contributed by atoms with Crippen molar-refractivity contribution in [3.8, 4) is 0 Å². The Morgan fingerprint density at radius 3 is 2.55 bits per heavy atom. The molecule has 0 atom stereocenters. The number of nitrogens with zero attached hydrogens (tertiary/aromatic N) is 2. The number of nitrogens with one attached hydrogen (secondary N) is 2. The molecule has 20 heavy (non-hydrogen) atoms. The van der Waals surface area contributed by atoms with Crippen LogP contribution in [0.2, 0.25) is 0 Å². The fourth-order valence-corrected chi connectivity index (χ4v) is 2.51. The Kier molecular flexibility index (Phi) is 3.62. The largest absolute Gasteiger partial charge is 0.288 e. The summed E-state index contributed by atoms with van der Waals surface area (Å²) in [6.45, 7) is 0. The second-order valence-corrected chi connectivity index (χ2v) is 5.50. The fraction of sp³-hybridized carbons (Fsp3) is 0.571. The van der Waals surface area contributed by atoms with Crippen LogP contribution in [0.5, 0.6) is 0 Å². The van der Waals surface area contributed by atoms with Crippen molar-refractivity contribution in [1.29, 1.82) is 0 Å². The molecule has 0 bridgehead atoms. The summed E-state index contributed by atoms with van der Waals surface area (Å²) < 4.78 is 0. The number of rotatable bonds is 3. The molecule has 6 heteroatoms. The highest BCUT2D eigenvalue weighted by Crippen LogP contribution is 2.31. The lowest BCUT2D eigenvalue weighted by Gasteiger charge is -2.09. The molecule has 0 unspecified atom stereocenters. The van der Waals surface area contributed by atoms with E-state index in [4.69, 9.17) is 0 Å². The summed E-state index contributed by atoms with van der Waals surface area (Å²) in [5, 5.41) is 0. The third-order valence-electron chi connectivity index (χ3n) is 3.87. The van der Waals surface area contributed by atoms with Gasteiger partial charge in [0.05, 0.1) is 0 Å². The average Bonchev–Trinajstić information content (AvgIpc) is 3.19. The zero-order valence-corrected chi connectivity index (χ0v) is 11.3. The summed E-state index contributed by atoms with van der Waals surface area (Å²) in [4.78, 5) is 32.0. The van der Waals surface area contributed by atoms with Crippen molar-refractivity contribution in [2.75, 3.05) is 0 Å². The number of hydrazine groups is 1. The van der Waals surface area contributed by atoms with Gasteiger partial charge in [0.25, 0.3) is 5.91 Å². The SMILES string of the molecule is O=C(NNC(=O)C1CC1)c1ccnc(C2CCCC2)n1. The standard InChI is InChI=1S/C14H18N4O2/c19-13(10-5-6-10)17-18-14(20)11-7-8-15-12(16-11)9-3-1-2-4-9/h7-10H,1-6H2,(H,17,19)(H,18,20). The molecule has 0 aliphatic heterocycles. The molecule has 0 radical (unpaired) electrons. The van der Waals surface area contributed by atoms with E-state index in [-0.39, 0.29) is 17.7 Å². The maximum absolute atomic E-state index is 11.9. The minimum absolute atomic E-state index is 0.0646. The topological polar surface area (TPSA) is 84.0 Å². The third-order valence-corrected chi connectivity index (χ3v) is 3.87. The first-order valence-corrected chi connectivity index (χ1v) is 7.17. The molecule has 3 rings (SSSR count). The zero-order chi connectivity index (χ0) is 13.9. The van der Waals surface area contributed by atoms with E-state index in [1.54, 1.807) is 12.3 Å². The third kappa shape index (κ3) is 2.95. The van der Waals surface area contributed by atoms with Gasteiger partial charge in [0.2, 0.25) is 5.91 Å². The van der Waals surface area contributed by atoms with Crippen LogP contribution in [0, 0.1) is 5.92 Å². The Morgan fingerprint density at radius 2 is 1.85 bits per heavy atom. The first kappa shape index (κ1) is 13.0. The van der Waals surface area contributed by atoms with E-state index >= 15 is 0 Å². The molecular weight excluding hydrogens is 256 g/mol. The Labute approximate surface area is 117 Å². The molecule has 2 aliphatic rings. The highest BCUT2D eigenvalue weighted by atomic mass is 16.2. The maximum atomic E-state index is 11.9. The Balaban J connectivity index is 1.61. The highest BCUT2D eigenvalue weighted by Gasteiger charge is 2.30. The molecule has 0 saturated heterocycles. The van der Waals surface area contributed by atoms with Crippen molar-refractivity contribution in [2.45, 2.75) is 44.4 Å². The lowest BCUT2D eigenvalue weighted by Crippen LogP contribution is -2.42. The van der Waals surface area contributed by atoms with E-state index in [0.717, 1.165) is 31.5 Å². The molecule has 6 nitrogen and oxygen atoms in total. The lowest BCUT2D eigenvalue weighted by molar-refractivity contribution is -0.123. The first-order chi connectivity index (χ1) is 9.74. The van der Waals surface area contributed by atoms with E-state index in [0.29, 0.717) is 11.6 Å². The molecule has 2 aliphatic carbocycles. The molecule has 106 valence electrons. The maximum Gasteiger partial charge on any atom is 0.288 e. The van der Waals surface area contributed by atoms with Crippen LogP contribution in [0.1, 0.15) is 60.8 Å². The van der Waals surface area contributed by atoms with Crippen molar-refractivity contribution in [1.82, 2.24) is 20.8 Å². The van der Waals surface area contributed by atoms with Gasteiger partial charge in [-0.1, -0.05) is 12.8 Å². The second kappa shape index (κ2) is 5.56. The Hall–Kier alpha value is -1.98. The number of hydrogen-bond donors (Lipinski definition) is 2. The van der Waals surface area contributed by atoms with Gasteiger partial charge < -0.3 is 0 Å². The number of amides is 2. The minimum Gasteiger partial charge on any atom is -0.273 e. The van der Waals surface area contributed by atoms with E-state index < -0.39 is 0 Å². The van der Waals surface area contributed by atoms with E-state index in [9.17, 15) is 9.59 Å². The van der Waals surface area contributed by atoms with Crippen LogP contribution in [-0.4, -0.2) is 21.8 Å². The van der Waals surface area contributed by atoms with Gasteiger partial charge in [-0.15, -0.1) is 0 Å². The number of carbonyl (C=O) groups is 2. The summed E-state index contributed by atoms with van der Waals surface area (Å²) in [5.74, 6) is 0.659. The van der Waals surface area contributed by atoms with Crippen molar-refractivity contribution in [3.63, 3.8) is 0 Å². The van der Waals surface area contributed by atoms with Crippen LogP contribution in [0.25, 0.3) is 0 Å². The van der Waals surface area contributed by atoms with Crippen molar-refractivity contribution >= 4 is 11.8 Å². The van der Waals surface area contributed by atoms with E-state index in [2.05, 4.69) is 20.8 Å². The molecule has 0 spiro atoms. The molecule has 1 aromatic heterocycles. The van der Waals surface area contributed by atoms with Gasteiger partial charge in [-0.3, -0.25) is 20.4 Å². The fourth-order valence-electron chi connectivity index (χ4n) is 2.51. The van der Waals surface area contributed by atoms with Crippen LogP contribution >= 0.6 is 0 Å². The monoisotopic (exact) mass is 274 g/mol. The Bertz CT molecular complexity index is 522. The van der Waals surface area contributed by atoms with Gasteiger partial charge in [-0.2, -0.15) is 0 Å². The quantitative estimate of drug-likeness (QED) is 0.814. The lowest BCUT2D eigenvalue weighted by atomic mass is 10.1. The normalized spacial score (nSPS) is 18.8.